The van der Waals surface area contributed by atoms with Crippen LogP contribution in [-0.2, 0) is 6.42 Å². The molecule has 2 aromatic heterocycles. The number of nitrogens with zero attached hydrogens (tertiary/aromatic N) is 3. The Balaban J connectivity index is 1.39. The third-order valence-electron chi connectivity index (χ3n) is 7.56. The monoisotopic (exact) mass is 575 g/mol. The summed E-state index contributed by atoms with van der Waals surface area (Å²) in [5.74, 6) is -0.135. The Morgan fingerprint density at radius 3 is 2.71 bits per heavy atom. The quantitative estimate of drug-likeness (QED) is 0.227. The van der Waals surface area contributed by atoms with Crippen LogP contribution in [0.15, 0.2) is 105 Å². The number of aryl methyl sites for hydroxylation is 1. The molecule has 2 aliphatic rings. The molecule has 0 radical (unpaired) electrons. The third kappa shape index (κ3) is 4.29. The highest BCUT2D eigenvalue weighted by molar-refractivity contribution is 7.07. The fourth-order valence-electron chi connectivity index (χ4n) is 5.65. The van der Waals surface area contributed by atoms with Crippen LogP contribution in [-0.4, -0.2) is 20.6 Å². The fourth-order valence-corrected chi connectivity index (χ4v) is 6.63. The number of aromatic carboxylic acids is 1. The summed E-state index contributed by atoms with van der Waals surface area (Å²) in [5, 5.41) is 20.9. The molecular weight excluding hydrogens is 554 g/mol. The van der Waals surface area contributed by atoms with Crippen molar-refractivity contribution < 1.29 is 19.2 Å². The molecule has 0 bridgehead atoms. The molecular formula is C32H21N3O6S. The molecule has 0 saturated heterocycles. The predicted octanol–water partition coefficient (Wildman–Crippen LogP) is 5.19. The molecule has 206 valence electrons. The number of nitro benzene ring substituents is 1. The highest BCUT2D eigenvalue weighted by atomic mass is 32.1. The lowest BCUT2D eigenvalue weighted by Crippen LogP contribution is -2.38. The molecule has 3 heterocycles. The number of fused-ring (bicyclic) bond motifs is 3. The third-order valence-corrected chi connectivity index (χ3v) is 8.55. The van der Waals surface area contributed by atoms with E-state index in [4.69, 9.17) is 9.41 Å². The Labute approximate surface area is 241 Å². The van der Waals surface area contributed by atoms with Crippen molar-refractivity contribution in [2.24, 2.45) is 4.99 Å². The molecule has 10 heteroatoms. The summed E-state index contributed by atoms with van der Waals surface area (Å²) in [6.07, 6.45) is 3.10. The molecule has 0 spiro atoms. The summed E-state index contributed by atoms with van der Waals surface area (Å²) < 4.78 is 8.01. The Kier molecular flexibility index (Phi) is 6.05. The van der Waals surface area contributed by atoms with Crippen molar-refractivity contribution in [2.75, 3.05) is 0 Å². The largest absolute Gasteiger partial charge is 0.478 e. The molecule has 1 aliphatic heterocycles. The van der Waals surface area contributed by atoms with Gasteiger partial charge in [0.25, 0.3) is 11.2 Å². The van der Waals surface area contributed by atoms with E-state index in [2.05, 4.69) is 6.07 Å². The van der Waals surface area contributed by atoms with Crippen molar-refractivity contribution in [1.82, 2.24) is 4.57 Å². The standard InChI is InChI=1S/C32H21N3O6S/c36-30-27(17-23-12-14-26(41-23)19-6-3-8-21(15-19)31(37)38)42-32-33-28-24-10-2-1-5-18(24)11-13-25(28)29(34(30)32)20-7-4-9-22(16-20)35(39)40/h1-10,12,14-17,29H,11,13H2,(H,37,38)/b27-17+/t29-/m0/s1. The van der Waals surface area contributed by atoms with Crippen LogP contribution >= 0.6 is 11.3 Å². The van der Waals surface area contributed by atoms with Crippen LogP contribution in [0.4, 0.5) is 5.69 Å². The van der Waals surface area contributed by atoms with Crippen molar-refractivity contribution in [3.05, 3.63) is 148 Å². The van der Waals surface area contributed by atoms with Crippen LogP contribution in [0.1, 0.15) is 45.3 Å². The Morgan fingerprint density at radius 1 is 1.05 bits per heavy atom. The van der Waals surface area contributed by atoms with E-state index in [1.54, 1.807) is 41.0 Å². The minimum atomic E-state index is -1.03. The molecule has 0 fully saturated rings. The fraction of sp³-hybridized carbons (Fsp3) is 0.0938. The number of furan rings is 1. The molecule has 0 saturated carbocycles. The number of rotatable bonds is 5. The van der Waals surface area contributed by atoms with Crippen LogP contribution in [0, 0.1) is 10.1 Å². The van der Waals surface area contributed by atoms with E-state index in [-0.39, 0.29) is 16.8 Å². The summed E-state index contributed by atoms with van der Waals surface area (Å²) in [6.45, 7) is 0. The van der Waals surface area contributed by atoms with E-state index in [9.17, 15) is 24.8 Å². The van der Waals surface area contributed by atoms with Gasteiger partial charge in [-0.1, -0.05) is 59.9 Å². The number of carboxylic acid groups (broad SMARTS) is 1. The normalized spacial score (nSPS) is 15.9. The zero-order valence-corrected chi connectivity index (χ0v) is 22.7. The number of non-ortho nitro benzene ring substituents is 1. The zero-order valence-electron chi connectivity index (χ0n) is 21.9. The van der Waals surface area contributed by atoms with Gasteiger partial charge in [0.15, 0.2) is 4.80 Å². The highest BCUT2D eigenvalue weighted by Crippen LogP contribution is 2.41. The molecule has 5 aromatic rings. The van der Waals surface area contributed by atoms with Gasteiger partial charge in [0, 0.05) is 29.3 Å². The number of allylic oxidation sites excluding steroid dienone is 1. The van der Waals surface area contributed by atoms with Crippen LogP contribution < -0.4 is 14.9 Å². The molecule has 1 atom stereocenters. The van der Waals surface area contributed by atoms with E-state index < -0.39 is 16.9 Å². The minimum Gasteiger partial charge on any atom is -0.478 e. The molecule has 42 heavy (non-hydrogen) atoms. The Hall–Kier alpha value is -5.35. The summed E-state index contributed by atoms with van der Waals surface area (Å²) >= 11 is 1.23. The van der Waals surface area contributed by atoms with E-state index in [1.165, 1.54) is 41.2 Å². The van der Waals surface area contributed by atoms with Crippen molar-refractivity contribution in [3.8, 4) is 11.3 Å². The van der Waals surface area contributed by atoms with Gasteiger partial charge < -0.3 is 9.52 Å². The minimum absolute atomic E-state index is 0.0416. The summed E-state index contributed by atoms with van der Waals surface area (Å²) in [4.78, 5) is 42.0. The maximum Gasteiger partial charge on any atom is 0.335 e. The van der Waals surface area contributed by atoms with Gasteiger partial charge in [-0.25, -0.2) is 9.79 Å². The molecule has 0 amide bonds. The van der Waals surface area contributed by atoms with E-state index >= 15 is 0 Å². The van der Waals surface area contributed by atoms with Gasteiger partial charge in [-0.3, -0.25) is 19.5 Å². The van der Waals surface area contributed by atoms with E-state index in [0.717, 1.165) is 23.3 Å². The highest BCUT2D eigenvalue weighted by Gasteiger charge is 2.33. The first kappa shape index (κ1) is 25.6. The number of nitro groups is 1. The molecule has 0 unspecified atom stereocenters. The average molecular weight is 576 g/mol. The second kappa shape index (κ2) is 9.93. The Bertz CT molecular complexity index is 2150. The van der Waals surface area contributed by atoms with Crippen LogP contribution in [0.5, 0.6) is 0 Å². The second-order valence-corrected chi connectivity index (χ2v) is 11.1. The molecule has 9 nitrogen and oxygen atoms in total. The van der Waals surface area contributed by atoms with E-state index in [1.807, 2.05) is 24.3 Å². The first-order valence-electron chi connectivity index (χ1n) is 13.2. The smallest absolute Gasteiger partial charge is 0.335 e. The lowest BCUT2D eigenvalue weighted by atomic mass is 9.83. The number of carbonyl (C=O) groups is 1. The van der Waals surface area contributed by atoms with Crippen molar-refractivity contribution in [1.29, 1.82) is 0 Å². The first-order valence-corrected chi connectivity index (χ1v) is 14.0. The summed E-state index contributed by atoms with van der Waals surface area (Å²) in [6, 6.07) is 23.8. The van der Waals surface area contributed by atoms with Crippen molar-refractivity contribution in [3.63, 3.8) is 0 Å². The number of hydrogen-bond acceptors (Lipinski definition) is 7. The van der Waals surface area contributed by atoms with Gasteiger partial charge in [0.1, 0.15) is 11.5 Å². The number of hydrogen-bond donors (Lipinski definition) is 1. The first-order chi connectivity index (χ1) is 20.4. The molecule has 3 aromatic carbocycles. The summed E-state index contributed by atoms with van der Waals surface area (Å²) in [7, 11) is 0. The molecule has 7 rings (SSSR count). The maximum atomic E-state index is 14.0. The number of thiazole rings is 1. The van der Waals surface area contributed by atoms with Gasteiger partial charge in [-0.15, -0.1) is 0 Å². The zero-order chi connectivity index (χ0) is 29.0. The maximum absolute atomic E-state index is 14.0. The van der Waals surface area contributed by atoms with Crippen molar-refractivity contribution >= 4 is 34.8 Å². The number of benzene rings is 3. The molecule has 1 N–H and O–H groups in total. The van der Waals surface area contributed by atoms with Crippen LogP contribution in [0.3, 0.4) is 0 Å². The lowest BCUT2D eigenvalue weighted by Gasteiger charge is -2.30. The predicted molar refractivity (Wildman–Crippen MR) is 157 cm³/mol. The van der Waals surface area contributed by atoms with Gasteiger partial charge in [-0.2, -0.15) is 0 Å². The number of aromatic nitrogens is 1. The average Bonchev–Trinajstić information content (AvgIpc) is 3.60. The van der Waals surface area contributed by atoms with Gasteiger partial charge in [0.2, 0.25) is 0 Å². The molecule has 1 aliphatic carbocycles. The van der Waals surface area contributed by atoms with Crippen LogP contribution in [0.2, 0.25) is 0 Å². The SMILES string of the molecule is O=C(O)c1cccc(-c2ccc(/C=c3/sc4n(c3=O)[C@@H](c3cccc([N+](=O)[O-])c3)C3=C(N=4)c4ccccc4CC3)o2)c1. The van der Waals surface area contributed by atoms with E-state index in [0.29, 0.717) is 38.4 Å². The van der Waals surface area contributed by atoms with Gasteiger partial charge in [-0.05, 0) is 53.8 Å². The van der Waals surface area contributed by atoms with Crippen molar-refractivity contribution in [2.45, 2.75) is 18.9 Å². The Morgan fingerprint density at radius 2 is 1.88 bits per heavy atom. The van der Waals surface area contributed by atoms with Gasteiger partial charge >= 0.3 is 5.97 Å². The van der Waals surface area contributed by atoms with Crippen LogP contribution in [0.25, 0.3) is 23.1 Å². The number of carboxylic acids is 1. The van der Waals surface area contributed by atoms with Gasteiger partial charge in [0.05, 0.1) is 26.8 Å². The topological polar surface area (TPSA) is 128 Å². The second-order valence-electron chi connectivity index (χ2n) is 10.1. The lowest BCUT2D eigenvalue weighted by molar-refractivity contribution is -0.384. The summed E-state index contributed by atoms with van der Waals surface area (Å²) in [5.41, 5.74) is 5.02.